The molecular weight excluding hydrogens is 595 g/mol. The molecule has 4 heterocycles. The van der Waals surface area contributed by atoms with Crippen LogP contribution in [0.3, 0.4) is 0 Å². The van der Waals surface area contributed by atoms with E-state index in [1.54, 1.807) is 17.0 Å². The molecule has 1 aromatic carbocycles. The maximum atomic E-state index is 14.9. The number of nitrogens with zero attached hydrogens (tertiary/aromatic N) is 6. The van der Waals surface area contributed by atoms with Crippen LogP contribution in [0.2, 0.25) is 5.02 Å². The van der Waals surface area contributed by atoms with Gasteiger partial charge in [0.2, 0.25) is 15.7 Å². The molecule has 10 nitrogen and oxygen atoms in total. The summed E-state index contributed by atoms with van der Waals surface area (Å²) in [5.74, 6) is -0.488. The van der Waals surface area contributed by atoms with Crippen LogP contribution < -0.4 is 10.6 Å². The van der Waals surface area contributed by atoms with Gasteiger partial charge in [-0.25, -0.2) is 32.1 Å². The Labute approximate surface area is 252 Å². The van der Waals surface area contributed by atoms with Crippen molar-refractivity contribution in [2.75, 3.05) is 24.5 Å². The summed E-state index contributed by atoms with van der Waals surface area (Å²) >= 11 is 6.72. The maximum absolute atomic E-state index is 14.9. The van der Waals surface area contributed by atoms with E-state index in [1.165, 1.54) is 42.6 Å². The van der Waals surface area contributed by atoms with Crippen molar-refractivity contribution in [2.45, 2.75) is 42.5 Å². The molecule has 6 rings (SSSR count). The molecule has 1 saturated carbocycles. The van der Waals surface area contributed by atoms with Crippen molar-refractivity contribution < 1.29 is 17.6 Å². The van der Waals surface area contributed by atoms with E-state index in [2.05, 4.69) is 16.5 Å². The van der Waals surface area contributed by atoms with Gasteiger partial charge >= 0.3 is 5.69 Å². The van der Waals surface area contributed by atoms with Gasteiger partial charge in [-0.15, -0.1) is 0 Å². The monoisotopic (exact) mass is 622 g/mol. The Morgan fingerprint density at radius 2 is 1.91 bits per heavy atom. The zero-order valence-electron chi connectivity index (χ0n) is 23.3. The predicted octanol–water partition coefficient (Wildman–Crippen LogP) is 4.18. The first-order valence-corrected chi connectivity index (χ1v) is 15.8. The minimum Gasteiger partial charge on any atom is -0.350 e. The molecule has 1 saturated heterocycles. The van der Waals surface area contributed by atoms with Gasteiger partial charge in [-0.05, 0) is 56.2 Å². The number of hydrogen-bond acceptors (Lipinski definition) is 8. The molecule has 2 fully saturated rings. The molecule has 1 atom stereocenters. The molecule has 13 heteroatoms. The van der Waals surface area contributed by atoms with Crippen LogP contribution in [-0.4, -0.2) is 69.7 Å². The maximum Gasteiger partial charge on any atom is 0.355 e. The summed E-state index contributed by atoms with van der Waals surface area (Å²) in [5.41, 5.74) is -0.532. The lowest BCUT2D eigenvalue weighted by Crippen LogP contribution is -2.54. The number of fused-ring (bicyclic) bond motifs is 1. The lowest BCUT2D eigenvalue weighted by molar-refractivity contribution is -0.126. The number of pyridine rings is 2. The first kappa shape index (κ1) is 28.9. The number of anilines is 1. The summed E-state index contributed by atoms with van der Waals surface area (Å²) in [6.45, 7) is 6.54. The van der Waals surface area contributed by atoms with Crippen molar-refractivity contribution in [1.82, 2.24) is 24.4 Å². The second-order valence-corrected chi connectivity index (χ2v) is 13.2. The quantitative estimate of drug-likeness (QED) is 0.294. The van der Waals surface area contributed by atoms with Crippen molar-refractivity contribution in [3.8, 4) is 16.9 Å². The fourth-order valence-electron chi connectivity index (χ4n) is 5.60. The standard InChI is InChI=1S/C30H28ClFN6O4S/c1-3-25(39)36-14-15-37(18(2)17-36)27-21-16-22(31)26(20-10-4-5-11-23(20)32)34-28(21)38(30(40)35-27)24-12-7-13-33-29(24)43(41,42)19-8-6-9-19/h3-5,7,10-13,16,18-19H,1,6,8-9,14-15,17H2,2H3/t18-/m0/s1. The summed E-state index contributed by atoms with van der Waals surface area (Å²) < 4.78 is 43.2. The van der Waals surface area contributed by atoms with Crippen LogP contribution >= 0.6 is 11.6 Å². The number of piperazine rings is 1. The molecule has 1 amide bonds. The highest BCUT2D eigenvalue weighted by Gasteiger charge is 2.37. The highest BCUT2D eigenvalue weighted by molar-refractivity contribution is 7.92. The SMILES string of the molecule is C=CC(=O)N1CCN(c2nc(=O)n(-c3cccnc3S(=O)(=O)C3CCC3)c3nc(-c4ccccc4F)c(Cl)cc23)[C@@H](C)C1. The van der Waals surface area contributed by atoms with Gasteiger partial charge in [0.05, 0.1) is 27.0 Å². The first-order valence-electron chi connectivity index (χ1n) is 13.9. The van der Waals surface area contributed by atoms with Gasteiger partial charge in [0, 0.05) is 37.4 Å². The number of sulfone groups is 1. The van der Waals surface area contributed by atoms with E-state index in [1.807, 2.05) is 11.8 Å². The van der Waals surface area contributed by atoms with Crippen LogP contribution in [0.25, 0.3) is 28.0 Å². The van der Waals surface area contributed by atoms with E-state index in [9.17, 15) is 22.4 Å². The van der Waals surface area contributed by atoms with Gasteiger partial charge < -0.3 is 9.80 Å². The zero-order chi connectivity index (χ0) is 30.5. The fourth-order valence-corrected chi connectivity index (χ4v) is 7.78. The van der Waals surface area contributed by atoms with Gasteiger partial charge in [-0.1, -0.05) is 36.7 Å². The smallest absolute Gasteiger partial charge is 0.350 e. The topological polar surface area (TPSA) is 118 Å². The first-order chi connectivity index (χ1) is 20.6. The minimum absolute atomic E-state index is 0.00667. The van der Waals surface area contributed by atoms with E-state index < -0.39 is 26.6 Å². The molecule has 222 valence electrons. The van der Waals surface area contributed by atoms with Crippen LogP contribution in [0.5, 0.6) is 0 Å². The summed E-state index contributed by atoms with van der Waals surface area (Å²) in [4.78, 5) is 43.1. The van der Waals surface area contributed by atoms with Crippen LogP contribution in [0, 0.1) is 5.82 Å². The molecule has 0 unspecified atom stereocenters. The average Bonchev–Trinajstić information content (AvgIpc) is 2.95. The minimum atomic E-state index is -3.87. The second kappa shape index (κ2) is 11.2. The van der Waals surface area contributed by atoms with Gasteiger partial charge in [-0.3, -0.25) is 4.79 Å². The second-order valence-electron chi connectivity index (χ2n) is 10.7. The van der Waals surface area contributed by atoms with Crippen molar-refractivity contribution >= 4 is 44.2 Å². The molecule has 0 radical (unpaired) electrons. The van der Waals surface area contributed by atoms with Crippen LogP contribution in [0.4, 0.5) is 10.2 Å². The highest BCUT2D eigenvalue weighted by atomic mass is 35.5. The van der Waals surface area contributed by atoms with E-state index in [0.717, 1.165) is 11.0 Å². The predicted molar refractivity (Wildman–Crippen MR) is 162 cm³/mol. The van der Waals surface area contributed by atoms with Crippen LogP contribution in [0.15, 0.2) is 71.1 Å². The highest BCUT2D eigenvalue weighted by Crippen LogP contribution is 2.37. The number of rotatable bonds is 6. The lowest BCUT2D eigenvalue weighted by Gasteiger charge is -2.40. The third-order valence-corrected chi connectivity index (χ3v) is 10.6. The number of hydrogen-bond donors (Lipinski definition) is 0. The van der Waals surface area contributed by atoms with Crippen molar-refractivity contribution in [3.05, 3.63) is 82.6 Å². The Hall–Kier alpha value is -4.16. The van der Waals surface area contributed by atoms with E-state index >= 15 is 0 Å². The number of amides is 1. The summed E-state index contributed by atoms with van der Waals surface area (Å²) in [7, 11) is -3.87. The number of halogens is 2. The Morgan fingerprint density at radius 1 is 1.14 bits per heavy atom. The third kappa shape index (κ3) is 4.98. The van der Waals surface area contributed by atoms with Crippen LogP contribution in [-0.2, 0) is 14.6 Å². The van der Waals surface area contributed by atoms with E-state index in [-0.39, 0.29) is 50.4 Å². The van der Waals surface area contributed by atoms with E-state index in [0.29, 0.717) is 37.9 Å². The molecule has 0 spiro atoms. The molecular formula is C30H28ClFN6O4S. The van der Waals surface area contributed by atoms with Crippen molar-refractivity contribution in [1.29, 1.82) is 0 Å². The summed E-state index contributed by atoms with van der Waals surface area (Å²) in [6, 6.07) is 10.3. The van der Waals surface area contributed by atoms with Gasteiger partial charge in [-0.2, -0.15) is 4.98 Å². The summed E-state index contributed by atoms with van der Waals surface area (Å²) in [6.07, 6.45) is 4.43. The number of aromatic nitrogens is 4. The Kier molecular flexibility index (Phi) is 7.51. The molecule has 0 N–H and O–H groups in total. The van der Waals surface area contributed by atoms with Crippen molar-refractivity contribution in [3.63, 3.8) is 0 Å². The fraction of sp³-hybridized carbons (Fsp3) is 0.300. The van der Waals surface area contributed by atoms with E-state index in [4.69, 9.17) is 16.6 Å². The lowest BCUT2D eigenvalue weighted by atomic mass is 10.0. The molecule has 1 aliphatic heterocycles. The zero-order valence-corrected chi connectivity index (χ0v) is 24.9. The number of carbonyl (C=O) groups is 1. The molecule has 0 bridgehead atoms. The molecule has 3 aromatic heterocycles. The molecule has 4 aromatic rings. The van der Waals surface area contributed by atoms with Gasteiger partial charge in [0.25, 0.3) is 0 Å². The largest absolute Gasteiger partial charge is 0.355 e. The number of benzene rings is 1. The number of carbonyl (C=O) groups excluding carboxylic acids is 1. The Bertz CT molecular complexity index is 1950. The van der Waals surface area contributed by atoms with Gasteiger partial charge in [0.15, 0.2) is 10.7 Å². The average molecular weight is 623 g/mol. The molecule has 1 aliphatic carbocycles. The Morgan fingerprint density at radius 3 is 2.58 bits per heavy atom. The summed E-state index contributed by atoms with van der Waals surface area (Å²) in [5, 5.41) is -0.364. The van der Waals surface area contributed by atoms with Crippen molar-refractivity contribution in [2.24, 2.45) is 0 Å². The van der Waals surface area contributed by atoms with Crippen LogP contribution in [0.1, 0.15) is 26.2 Å². The van der Waals surface area contributed by atoms with Gasteiger partial charge in [0.1, 0.15) is 11.6 Å². The Balaban J connectivity index is 1.61. The third-order valence-electron chi connectivity index (χ3n) is 8.07. The molecule has 2 aliphatic rings. The molecule has 43 heavy (non-hydrogen) atoms. The normalized spacial score (nSPS) is 17.6.